The molecule has 4 nitrogen and oxygen atoms in total. The molecule has 114 valence electrons. The molecule has 0 aromatic heterocycles. The highest BCUT2D eigenvalue weighted by atomic mass is 16.5. The minimum Gasteiger partial charge on any atom is -0.493 e. The van der Waals surface area contributed by atoms with Crippen LogP contribution in [0.25, 0.3) is 11.1 Å². The molecule has 2 aromatic carbocycles. The Morgan fingerprint density at radius 1 is 1.27 bits per heavy atom. The maximum absolute atomic E-state index is 11.2. The van der Waals surface area contributed by atoms with Gasteiger partial charge in [-0.3, -0.25) is 0 Å². The SMILES string of the molecule is COc1ccc(-c2cccc(C(=O)O)c2)c2c1OC(C)(C)C2. The van der Waals surface area contributed by atoms with Gasteiger partial charge < -0.3 is 14.6 Å². The summed E-state index contributed by atoms with van der Waals surface area (Å²) in [7, 11) is 1.62. The Bertz CT molecular complexity index is 747. The molecule has 3 rings (SSSR count). The summed E-state index contributed by atoms with van der Waals surface area (Å²) >= 11 is 0. The van der Waals surface area contributed by atoms with Gasteiger partial charge in [-0.15, -0.1) is 0 Å². The number of methoxy groups -OCH3 is 1. The zero-order chi connectivity index (χ0) is 15.9. The topological polar surface area (TPSA) is 55.8 Å². The van der Waals surface area contributed by atoms with E-state index in [0.717, 1.165) is 28.9 Å². The zero-order valence-corrected chi connectivity index (χ0v) is 12.8. The number of fused-ring (bicyclic) bond motifs is 1. The Morgan fingerprint density at radius 3 is 2.73 bits per heavy atom. The molecule has 1 aliphatic heterocycles. The van der Waals surface area contributed by atoms with Gasteiger partial charge >= 0.3 is 5.97 Å². The van der Waals surface area contributed by atoms with Gasteiger partial charge in [0.25, 0.3) is 0 Å². The second-order valence-corrected chi connectivity index (χ2v) is 6.05. The summed E-state index contributed by atoms with van der Waals surface area (Å²) in [6.07, 6.45) is 0.756. The molecule has 0 atom stereocenters. The predicted molar refractivity (Wildman–Crippen MR) is 83.8 cm³/mol. The Balaban J connectivity index is 2.16. The summed E-state index contributed by atoms with van der Waals surface area (Å²) in [4.78, 5) is 11.2. The van der Waals surface area contributed by atoms with E-state index in [4.69, 9.17) is 9.47 Å². The van der Waals surface area contributed by atoms with Gasteiger partial charge in [0, 0.05) is 12.0 Å². The molecule has 0 radical (unpaired) electrons. The van der Waals surface area contributed by atoms with E-state index in [-0.39, 0.29) is 11.2 Å². The van der Waals surface area contributed by atoms with Crippen molar-refractivity contribution in [2.45, 2.75) is 25.9 Å². The lowest BCUT2D eigenvalue weighted by Gasteiger charge is -2.17. The molecule has 0 spiro atoms. The molecule has 0 saturated heterocycles. The third-order valence-electron chi connectivity index (χ3n) is 3.85. The van der Waals surface area contributed by atoms with E-state index in [1.807, 2.05) is 32.0 Å². The van der Waals surface area contributed by atoms with E-state index >= 15 is 0 Å². The first-order chi connectivity index (χ1) is 10.4. The van der Waals surface area contributed by atoms with Crippen molar-refractivity contribution in [3.8, 4) is 22.6 Å². The smallest absolute Gasteiger partial charge is 0.335 e. The van der Waals surface area contributed by atoms with Gasteiger partial charge in [0.15, 0.2) is 11.5 Å². The number of rotatable bonds is 3. The fourth-order valence-electron chi connectivity index (χ4n) is 2.88. The second-order valence-electron chi connectivity index (χ2n) is 6.05. The van der Waals surface area contributed by atoms with Gasteiger partial charge in [-0.25, -0.2) is 4.79 Å². The number of hydrogen-bond acceptors (Lipinski definition) is 3. The summed E-state index contributed by atoms with van der Waals surface area (Å²) in [5, 5.41) is 9.17. The van der Waals surface area contributed by atoms with E-state index in [9.17, 15) is 9.90 Å². The molecule has 0 unspecified atom stereocenters. The van der Waals surface area contributed by atoms with Crippen LogP contribution in [0.4, 0.5) is 0 Å². The van der Waals surface area contributed by atoms with Crippen LogP contribution in [0, 0.1) is 0 Å². The highest BCUT2D eigenvalue weighted by Gasteiger charge is 2.34. The summed E-state index contributed by atoms with van der Waals surface area (Å²) in [5.74, 6) is 0.535. The van der Waals surface area contributed by atoms with Crippen LogP contribution < -0.4 is 9.47 Å². The third kappa shape index (κ3) is 2.41. The molecule has 4 heteroatoms. The van der Waals surface area contributed by atoms with Crippen LogP contribution in [-0.2, 0) is 6.42 Å². The monoisotopic (exact) mass is 298 g/mol. The van der Waals surface area contributed by atoms with E-state index < -0.39 is 5.97 Å². The van der Waals surface area contributed by atoms with Crippen LogP contribution in [0.3, 0.4) is 0 Å². The standard InChI is InChI=1S/C18H18O4/c1-18(2)10-14-13(7-8-15(21-3)16(14)22-18)11-5-4-6-12(9-11)17(19)20/h4-9H,10H2,1-3H3,(H,19,20). The van der Waals surface area contributed by atoms with Gasteiger partial charge in [-0.2, -0.15) is 0 Å². The first-order valence-corrected chi connectivity index (χ1v) is 7.14. The maximum Gasteiger partial charge on any atom is 0.335 e. The lowest BCUT2D eigenvalue weighted by atomic mass is 9.92. The molecule has 1 aliphatic rings. The Hall–Kier alpha value is -2.49. The lowest BCUT2D eigenvalue weighted by Crippen LogP contribution is -2.24. The van der Waals surface area contributed by atoms with Gasteiger partial charge in [-0.05, 0) is 43.2 Å². The molecule has 0 fully saturated rings. The third-order valence-corrected chi connectivity index (χ3v) is 3.85. The highest BCUT2D eigenvalue weighted by molar-refractivity contribution is 5.90. The van der Waals surface area contributed by atoms with E-state index in [1.165, 1.54) is 0 Å². The van der Waals surface area contributed by atoms with E-state index in [0.29, 0.717) is 5.75 Å². The van der Waals surface area contributed by atoms with Crippen LogP contribution >= 0.6 is 0 Å². The molecule has 0 amide bonds. The fourth-order valence-corrected chi connectivity index (χ4v) is 2.88. The zero-order valence-electron chi connectivity index (χ0n) is 12.8. The molecule has 2 aromatic rings. The number of carboxylic acids is 1. The van der Waals surface area contributed by atoms with Crippen molar-refractivity contribution in [2.75, 3.05) is 7.11 Å². The van der Waals surface area contributed by atoms with Crippen LogP contribution in [0.15, 0.2) is 36.4 Å². The number of aromatic carboxylic acids is 1. The average molecular weight is 298 g/mol. The quantitative estimate of drug-likeness (QED) is 0.937. The number of ether oxygens (including phenoxy) is 2. The van der Waals surface area contributed by atoms with Crippen molar-refractivity contribution >= 4 is 5.97 Å². The second kappa shape index (κ2) is 5.05. The van der Waals surface area contributed by atoms with Crippen molar-refractivity contribution in [3.63, 3.8) is 0 Å². The molecule has 22 heavy (non-hydrogen) atoms. The van der Waals surface area contributed by atoms with Crippen molar-refractivity contribution in [1.29, 1.82) is 0 Å². The Morgan fingerprint density at radius 2 is 2.05 bits per heavy atom. The van der Waals surface area contributed by atoms with Gasteiger partial charge in [0.2, 0.25) is 0 Å². The van der Waals surface area contributed by atoms with Gasteiger partial charge in [-0.1, -0.05) is 18.2 Å². The summed E-state index contributed by atoms with van der Waals surface area (Å²) in [6, 6.07) is 10.8. The van der Waals surface area contributed by atoms with Crippen LogP contribution in [0.5, 0.6) is 11.5 Å². The molecule has 1 heterocycles. The van der Waals surface area contributed by atoms with Crippen molar-refractivity contribution in [2.24, 2.45) is 0 Å². The summed E-state index contributed by atoms with van der Waals surface area (Å²) < 4.78 is 11.4. The molecule has 0 bridgehead atoms. The van der Waals surface area contributed by atoms with Crippen LogP contribution in [-0.4, -0.2) is 23.8 Å². The van der Waals surface area contributed by atoms with E-state index in [2.05, 4.69) is 0 Å². The highest BCUT2D eigenvalue weighted by Crippen LogP contribution is 2.46. The minimum absolute atomic E-state index is 0.278. The molecule has 0 aliphatic carbocycles. The molecule has 0 saturated carbocycles. The molecular weight excluding hydrogens is 280 g/mol. The lowest BCUT2D eigenvalue weighted by molar-refractivity contribution is 0.0697. The van der Waals surface area contributed by atoms with Crippen molar-refractivity contribution in [1.82, 2.24) is 0 Å². The summed E-state index contributed by atoms with van der Waals surface area (Å²) in [5.41, 5.74) is 2.91. The molecule has 1 N–H and O–H groups in total. The number of carbonyl (C=O) groups is 1. The van der Waals surface area contributed by atoms with Crippen molar-refractivity contribution in [3.05, 3.63) is 47.5 Å². The average Bonchev–Trinajstić information content (AvgIpc) is 2.81. The normalized spacial score (nSPS) is 15.0. The number of benzene rings is 2. The maximum atomic E-state index is 11.2. The Labute approximate surface area is 129 Å². The Kier molecular flexibility index (Phi) is 3.32. The number of carboxylic acid groups (broad SMARTS) is 1. The summed E-state index contributed by atoms with van der Waals surface area (Å²) in [6.45, 7) is 4.06. The minimum atomic E-state index is -0.927. The predicted octanol–water partition coefficient (Wildman–Crippen LogP) is 3.77. The first-order valence-electron chi connectivity index (χ1n) is 7.14. The van der Waals surface area contributed by atoms with Crippen molar-refractivity contribution < 1.29 is 19.4 Å². The van der Waals surface area contributed by atoms with Crippen LogP contribution in [0.1, 0.15) is 29.8 Å². The van der Waals surface area contributed by atoms with Gasteiger partial charge in [0.1, 0.15) is 5.60 Å². The van der Waals surface area contributed by atoms with Gasteiger partial charge in [0.05, 0.1) is 12.7 Å². The van der Waals surface area contributed by atoms with E-state index in [1.54, 1.807) is 25.3 Å². The largest absolute Gasteiger partial charge is 0.493 e. The van der Waals surface area contributed by atoms with Crippen LogP contribution in [0.2, 0.25) is 0 Å². The first kappa shape index (κ1) is 14.4. The molecular formula is C18H18O4. The fraction of sp³-hybridized carbons (Fsp3) is 0.278. The number of hydrogen-bond donors (Lipinski definition) is 1.